The number of benzene rings is 1. The molecule has 1 atom stereocenters. The molecule has 43 heavy (non-hydrogen) atoms. The van der Waals surface area contributed by atoms with Gasteiger partial charge in [0.1, 0.15) is 27.1 Å². The largest absolute Gasteiger partial charge is 0.496 e. The molecule has 1 N–H and O–H groups in total. The van der Waals surface area contributed by atoms with Crippen LogP contribution in [0.1, 0.15) is 74.4 Å². The van der Waals surface area contributed by atoms with Gasteiger partial charge in [-0.15, -0.1) is 11.3 Å². The summed E-state index contributed by atoms with van der Waals surface area (Å²) >= 11 is 1.03. The van der Waals surface area contributed by atoms with Gasteiger partial charge in [0.2, 0.25) is 5.91 Å². The zero-order chi connectivity index (χ0) is 31.5. The molecule has 1 aliphatic heterocycles. The van der Waals surface area contributed by atoms with Crippen LogP contribution >= 0.6 is 11.3 Å². The Balaban J connectivity index is 1.99. The number of carbonyl (C=O) groups is 2. The summed E-state index contributed by atoms with van der Waals surface area (Å²) in [6, 6.07) is 7.20. The predicted octanol–water partition coefficient (Wildman–Crippen LogP) is 3.92. The average Bonchev–Trinajstić information content (AvgIpc) is 3.32. The monoisotopic (exact) mass is 615 g/mol. The van der Waals surface area contributed by atoms with Crippen molar-refractivity contribution < 1.29 is 28.5 Å². The minimum Gasteiger partial charge on any atom is -0.496 e. The highest BCUT2D eigenvalue weighted by molar-refractivity contribution is 7.20. The molecule has 0 unspecified atom stereocenters. The Hall–Kier alpha value is -3.48. The van der Waals surface area contributed by atoms with E-state index in [-0.39, 0.29) is 35.6 Å². The number of thiophene rings is 1. The number of methoxy groups -OCH3 is 1. The molecule has 1 aliphatic rings. The Kier molecular flexibility index (Phi) is 10.1. The third-order valence-corrected chi connectivity index (χ3v) is 8.86. The molecule has 0 spiro atoms. The number of carbonyl (C=O) groups excluding carboxylic acids is 2. The van der Waals surface area contributed by atoms with Gasteiger partial charge in [0.25, 0.3) is 5.56 Å². The minimum absolute atomic E-state index is 0.00254. The summed E-state index contributed by atoms with van der Waals surface area (Å²) in [7, 11) is 1.57. The molecule has 0 bridgehead atoms. The van der Waals surface area contributed by atoms with Gasteiger partial charge in [-0.3, -0.25) is 14.2 Å². The second-order valence-corrected chi connectivity index (χ2v) is 12.4. The molecule has 3 aromatic rings. The Morgan fingerprint density at radius 1 is 1.16 bits per heavy atom. The van der Waals surface area contributed by atoms with Gasteiger partial charge in [0.05, 0.1) is 31.8 Å². The smallest absolute Gasteiger partial charge is 0.348 e. The van der Waals surface area contributed by atoms with E-state index in [0.717, 1.165) is 21.5 Å². The molecule has 4 rings (SSSR count). The number of aromatic nitrogens is 2. The lowest BCUT2D eigenvalue weighted by atomic mass is 10.0. The Morgan fingerprint density at radius 3 is 2.47 bits per heavy atom. The maximum atomic E-state index is 14.4. The van der Waals surface area contributed by atoms with E-state index in [9.17, 15) is 19.2 Å². The number of nitrogens with one attached hydrogen (secondary N) is 1. The maximum Gasteiger partial charge on any atom is 0.348 e. The number of hydrogen-bond donors (Lipinski definition) is 1. The number of nitrogens with zero attached hydrogens (tertiary/aromatic N) is 2. The first-order chi connectivity index (χ1) is 20.4. The third kappa shape index (κ3) is 6.56. The molecule has 1 fully saturated rings. The number of para-hydroxylation sites is 1. The van der Waals surface area contributed by atoms with E-state index in [4.69, 9.17) is 18.9 Å². The molecule has 2 aromatic heterocycles. The van der Waals surface area contributed by atoms with E-state index >= 15 is 0 Å². The highest BCUT2D eigenvalue weighted by Gasteiger charge is 2.37. The second-order valence-electron chi connectivity index (χ2n) is 11.4. The van der Waals surface area contributed by atoms with Crippen LogP contribution in [0.3, 0.4) is 0 Å². The van der Waals surface area contributed by atoms with Crippen LogP contribution in [0.4, 0.5) is 0 Å². The number of rotatable bonds is 11. The number of hydrogen-bond acceptors (Lipinski definition) is 9. The summed E-state index contributed by atoms with van der Waals surface area (Å²) < 4.78 is 25.5. The molecule has 0 saturated carbocycles. The summed E-state index contributed by atoms with van der Waals surface area (Å²) in [4.78, 5) is 55.3. The van der Waals surface area contributed by atoms with Gasteiger partial charge >= 0.3 is 11.7 Å². The fraction of sp³-hybridized carbons (Fsp3) is 0.548. The van der Waals surface area contributed by atoms with Crippen molar-refractivity contribution in [1.29, 1.82) is 0 Å². The molecular formula is C31H41N3O8S. The second kappa shape index (κ2) is 13.4. The molecule has 0 radical (unpaired) electrons. The Morgan fingerprint density at radius 2 is 1.84 bits per heavy atom. The van der Waals surface area contributed by atoms with Gasteiger partial charge in [-0.2, -0.15) is 0 Å². The van der Waals surface area contributed by atoms with E-state index in [1.54, 1.807) is 34.8 Å². The van der Waals surface area contributed by atoms with Crippen LogP contribution in [-0.2, 0) is 31.1 Å². The molecule has 1 aromatic carbocycles. The summed E-state index contributed by atoms with van der Waals surface area (Å²) in [5, 5.41) is 3.01. The van der Waals surface area contributed by atoms with E-state index in [1.165, 1.54) is 18.4 Å². The molecule has 1 amide bonds. The fourth-order valence-corrected chi connectivity index (χ4v) is 6.49. The van der Waals surface area contributed by atoms with Crippen molar-refractivity contribution in [2.75, 3.05) is 26.9 Å². The third-order valence-electron chi connectivity index (χ3n) is 7.57. The predicted molar refractivity (Wildman–Crippen MR) is 164 cm³/mol. The van der Waals surface area contributed by atoms with E-state index in [2.05, 4.69) is 5.32 Å². The Labute approximate surface area is 254 Å². The molecular weight excluding hydrogens is 574 g/mol. The van der Waals surface area contributed by atoms with Crippen LogP contribution in [-0.4, -0.2) is 60.1 Å². The number of fused-ring (bicyclic) bond motifs is 1. The number of amides is 1. The van der Waals surface area contributed by atoms with E-state index in [0.29, 0.717) is 42.2 Å². The number of aryl methyl sites for hydroxylation is 1. The SMILES string of the molecule is CCOC(=O)c1sc2c(c1C)c(=O)n(C(C)(C)C(=O)NC(C)C)c(=O)n2C[C@H](OC1CCOCC1)c1ccccc1OC. The molecule has 1 saturated heterocycles. The highest BCUT2D eigenvalue weighted by Crippen LogP contribution is 2.34. The standard InChI is InChI=1S/C31H41N3O8S/c1-8-41-28(36)25-19(4)24-26(35)34(31(5,6)29(37)32-18(2)3)30(38)33(27(24)43-25)17-23(42-20-13-15-40-16-14-20)21-11-9-10-12-22(21)39-7/h9-12,18,20,23H,8,13-17H2,1-7H3,(H,32,37)/t23-/m0/s1. The van der Waals surface area contributed by atoms with Crippen LogP contribution in [0, 0.1) is 6.92 Å². The van der Waals surface area contributed by atoms with Gasteiger partial charge in [-0.05, 0) is 66.0 Å². The zero-order valence-corrected chi connectivity index (χ0v) is 26.7. The molecule has 234 valence electrons. The van der Waals surface area contributed by atoms with Gasteiger partial charge in [-0.1, -0.05) is 18.2 Å². The van der Waals surface area contributed by atoms with Crippen molar-refractivity contribution in [2.24, 2.45) is 0 Å². The maximum absolute atomic E-state index is 14.4. The van der Waals surface area contributed by atoms with Gasteiger partial charge < -0.3 is 24.3 Å². The number of ether oxygens (including phenoxy) is 4. The van der Waals surface area contributed by atoms with Gasteiger partial charge in [0, 0.05) is 24.8 Å². The van der Waals surface area contributed by atoms with Crippen molar-refractivity contribution in [3.8, 4) is 5.75 Å². The van der Waals surface area contributed by atoms with E-state index in [1.807, 2.05) is 24.3 Å². The average molecular weight is 616 g/mol. The van der Waals surface area contributed by atoms with Crippen LogP contribution in [0.5, 0.6) is 5.75 Å². The van der Waals surface area contributed by atoms with E-state index < -0.39 is 34.8 Å². The van der Waals surface area contributed by atoms with Crippen molar-refractivity contribution >= 4 is 33.4 Å². The Bertz CT molecular complexity index is 1600. The van der Waals surface area contributed by atoms with Crippen LogP contribution in [0.15, 0.2) is 33.9 Å². The summed E-state index contributed by atoms with van der Waals surface area (Å²) in [6.45, 7) is 11.3. The normalized spacial score (nSPS) is 15.1. The summed E-state index contributed by atoms with van der Waals surface area (Å²) in [6.07, 6.45) is 0.577. The van der Waals surface area contributed by atoms with Gasteiger partial charge in [-0.25, -0.2) is 14.2 Å². The first-order valence-corrected chi connectivity index (χ1v) is 15.4. The highest BCUT2D eigenvalue weighted by atomic mass is 32.1. The number of esters is 1. The van der Waals surface area contributed by atoms with Crippen LogP contribution < -0.4 is 21.3 Å². The van der Waals surface area contributed by atoms with Crippen molar-refractivity contribution in [1.82, 2.24) is 14.5 Å². The first kappa shape index (κ1) is 32.4. The first-order valence-electron chi connectivity index (χ1n) is 14.6. The molecule has 3 heterocycles. The van der Waals surface area contributed by atoms with Gasteiger partial charge in [0.15, 0.2) is 0 Å². The quantitative estimate of drug-likeness (QED) is 0.322. The lowest BCUT2D eigenvalue weighted by Gasteiger charge is -2.30. The minimum atomic E-state index is -1.55. The van der Waals surface area contributed by atoms with Crippen molar-refractivity contribution in [2.45, 2.75) is 84.7 Å². The summed E-state index contributed by atoms with van der Waals surface area (Å²) in [5.74, 6) is -0.475. The molecule has 12 heteroatoms. The zero-order valence-electron chi connectivity index (χ0n) is 25.9. The molecule has 0 aliphatic carbocycles. The summed E-state index contributed by atoms with van der Waals surface area (Å²) in [5.41, 5.74) is -1.76. The lowest BCUT2D eigenvalue weighted by molar-refractivity contribution is -0.129. The van der Waals surface area contributed by atoms with Crippen molar-refractivity contribution in [3.05, 3.63) is 61.1 Å². The van der Waals surface area contributed by atoms with Crippen LogP contribution in [0.25, 0.3) is 10.2 Å². The van der Waals surface area contributed by atoms with Crippen LogP contribution in [0.2, 0.25) is 0 Å². The molecule has 11 nitrogen and oxygen atoms in total. The lowest BCUT2D eigenvalue weighted by Crippen LogP contribution is -2.56. The topological polar surface area (TPSA) is 127 Å². The fourth-order valence-electron chi connectivity index (χ4n) is 5.29. The van der Waals surface area contributed by atoms with Crippen molar-refractivity contribution in [3.63, 3.8) is 0 Å².